The molecule has 2 N–H and O–H groups in total. The largest absolute Gasteiger partial charge is 0.324 e. The Morgan fingerprint density at radius 3 is 2.39 bits per heavy atom. The van der Waals surface area contributed by atoms with Crippen LogP contribution in [0, 0.1) is 0 Å². The SMILES string of the molecule is C[C@H](N)c1ccc(Sc2ccc(Br)cc2)c(Cl)c1. The van der Waals surface area contributed by atoms with E-state index >= 15 is 0 Å². The van der Waals surface area contributed by atoms with Gasteiger partial charge in [0.1, 0.15) is 0 Å². The van der Waals surface area contributed by atoms with Gasteiger partial charge in [-0.3, -0.25) is 0 Å². The van der Waals surface area contributed by atoms with Gasteiger partial charge in [0.2, 0.25) is 0 Å². The Balaban J connectivity index is 2.22. The Bertz CT molecular complexity index is 540. The van der Waals surface area contributed by atoms with Gasteiger partial charge in [-0.05, 0) is 48.9 Å². The molecule has 0 aliphatic heterocycles. The summed E-state index contributed by atoms with van der Waals surface area (Å²) in [4.78, 5) is 2.21. The number of rotatable bonds is 3. The monoisotopic (exact) mass is 341 g/mol. The summed E-state index contributed by atoms with van der Waals surface area (Å²) < 4.78 is 1.07. The predicted molar refractivity (Wildman–Crippen MR) is 82.3 cm³/mol. The molecule has 0 spiro atoms. The molecule has 2 aromatic rings. The van der Waals surface area contributed by atoms with Crippen LogP contribution in [0.15, 0.2) is 56.7 Å². The standard InChI is InChI=1S/C14H13BrClNS/c1-9(17)10-2-7-14(13(16)8-10)18-12-5-3-11(15)4-6-12/h2-9H,17H2,1H3/t9-/m0/s1. The van der Waals surface area contributed by atoms with E-state index in [4.69, 9.17) is 17.3 Å². The van der Waals surface area contributed by atoms with Crippen molar-refractivity contribution in [2.24, 2.45) is 5.73 Å². The molecule has 1 nitrogen and oxygen atoms in total. The minimum atomic E-state index is 0.00855. The van der Waals surface area contributed by atoms with Gasteiger partial charge in [-0.2, -0.15) is 0 Å². The summed E-state index contributed by atoms with van der Waals surface area (Å²) >= 11 is 11.3. The second-order valence-corrected chi connectivity index (χ2v) is 6.47. The average molecular weight is 343 g/mol. The second-order valence-electron chi connectivity index (χ2n) is 4.03. The quantitative estimate of drug-likeness (QED) is 0.822. The second kappa shape index (κ2) is 6.11. The molecule has 0 aliphatic carbocycles. The molecular formula is C14H13BrClNS. The lowest BCUT2D eigenvalue weighted by molar-refractivity contribution is 0.817. The molecule has 0 aromatic heterocycles. The highest BCUT2D eigenvalue weighted by Crippen LogP contribution is 2.34. The van der Waals surface area contributed by atoms with Crippen LogP contribution >= 0.6 is 39.3 Å². The molecule has 0 aliphatic rings. The number of nitrogens with two attached hydrogens (primary N) is 1. The minimum Gasteiger partial charge on any atom is -0.324 e. The van der Waals surface area contributed by atoms with Crippen molar-refractivity contribution in [1.29, 1.82) is 0 Å². The van der Waals surface area contributed by atoms with E-state index < -0.39 is 0 Å². The van der Waals surface area contributed by atoms with Crippen LogP contribution in [-0.2, 0) is 0 Å². The summed E-state index contributed by atoms with van der Waals surface area (Å²) in [5.74, 6) is 0. The summed E-state index contributed by atoms with van der Waals surface area (Å²) in [6.45, 7) is 1.95. The zero-order valence-electron chi connectivity index (χ0n) is 9.86. The first-order chi connectivity index (χ1) is 8.56. The Kier molecular flexibility index (Phi) is 4.73. The fourth-order valence-corrected chi connectivity index (χ4v) is 2.90. The summed E-state index contributed by atoms with van der Waals surface area (Å²) in [5, 5.41) is 0.748. The van der Waals surface area contributed by atoms with Gasteiger partial charge < -0.3 is 5.73 Å². The maximum absolute atomic E-state index is 6.27. The lowest BCUT2D eigenvalue weighted by atomic mass is 10.1. The first-order valence-corrected chi connectivity index (χ1v) is 7.53. The lowest BCUT2D eigenvalue weighted by Gasteiger charge is -2.09. The molecular weight excluding hydrogens is 330 g/mol. The molecule has 0 radical (unpaired) electrons. The molecule has 0 fully saturated rings. The van der Waals surface area contributed by atoms with Crippen LogP contribution in [0.3, 0.4) is 0 Å². The molecule has 2 rings (SSSR count). The maximum Gasteiger partial charge on any atom is 0.0548 e. The Labute approximate surface area is 125 Å². The molecule has 0 saturated heterocycles. The Hall–Kier alpha value is -0.480. The molecule has 0 heterocycles. The van der Waals surface area contributed by atoms with Crippen LogP contribution in [0.1, 0.15) is 18.5 Å². The van der Waals surface area contributed by atoms with E-state index in [0.29, 0.717) is 0 Å². The lowest BCUT2D eigenvalue weighted by Crippen LogP contribution is -2.04. The fourth-order valence-electron chi connectivity index (χ4n) is 1.51. The Morgan fingerprint density at radius 2 is 1.83 bits per heavy atom. The topological polar surface area (TPSA) is 26.0 Å². The number of hydrogen-bond donors (Lipinski definition) is 1. The van der Waals surface area contributed by atoms with E-state index in [0.717, 1.165) is 24.8 Å². The van der Waals surface area contributed by atoms with Crippen LogP contribution in [0.25, 0.3) is 0 Å². The zero-order valence-corrected chi connectivity index (χ0v) is 13.0. The van der Waals surface area contributed by atoms with Gasteiger partial charge in [0, 0.05) is 20.3 Å². The van der Waals surface area contributed by atoms with Crippen molar-refractivity contribution in [3.05, 3.63) is 57.5 Å². The highest BCUT2D eigenvalue weighted by atomic mass is 79.9. The molecule has 1 atom stereocenters. The summed E-state index contributed by atoms with van der Waals surface area (Å²) in [7, 11) is 0. The molecule has 2 aromatic carbocycles. The van der Waals surface area contributed by atoms with Crippen LogP contribution in [0.2, 0.25) is 5.02 Å². The normalized spacial score (nSPS) is 12.4. The van der Waals surface area contributed by atoms with Crippen molar-refractivity contribution in [3.8, 4) is 0 Å². The molecule has 0 amide bonds. The van der Waals surface area contributed by atoms with Gasteiger partial charge in [-0.25, -0.2) is 0 Å². The van der Waals surface area contributed by atoms with E-state index in [2.05, 4.69) is 28.1 Å². The van der Waals surface area contributed by atoms with E-state index in [1.807, 2.05) is 37.3 Å². The number of benzene rings is 2. The van der Waals surface area contributed by atoms with Gasteiger partial charge >= 0.3 is 0 Å². The molecule has 0 bridgehead atoms. The highest BCUT2D eigenvalue weighted by Gasteiger charge is 2.06. The van der Waals surface area contributed by atoms with E-state index in [-0.39, 0.29) is 6.04 Å². The molecule has 0 saturated carbocycles. The smallest absolute Gasteiger partial charge is 0.0548 e. The van der Waals surface area contributed by atoms with Crippen LogP contribution in [-0.4, -0.2) is 0 Å². The minimum absolute atomic E-state index is 0.00855. The molecule has 94 valence electrons. The van der Waals surface area contributed by atoms with Gasteiger partial charge in [-0.15, -0.1) is 0 Å². The highest BCUT2D eigenvalue weighted by molar-refractivity contribution is 9.10. The summed E-state index contributed by atoms with van der Waals surface area (Å²) in [6.07, 6.45) is 0. The zero-order chi connectivity index (χ0) is 13.1. The molecule has 4 heteroatoms. The third kappa shape index (κ3) is 3.51. The van der Waals surface area contributed by atoms with Crippen molar-refractivity contribution in [2.45, 2.75) is 22.8 Å². The van der Waals surface area contributed by atoms with Crippen molar-refractivity contribution >= 4 is 39.3 Å². The number of hydrogen-bond acceptors (Lipinski definition) is 2. The van der Waals surface area contributed by atoms with Gasteiger partial charge in [0.25, 0.3) is 0 Å². The van der Waals surface area contributed by atoms with Gasteiger partial charge in [0.15, 0.2) is 0 Å². The summed E-state index contributed by atoms with van der Waals surface area (Å²) in [6, 6.07) is 14.2. The molecule has 18 heavy (non-hydrogen) atoms. The fraction of sp³-hybridized carbons (Fsp3) is 0.143. The van der Waals surface area contributed by atoms with Crippen LogP contribution in [0.4, 0.5) is 0 Å². The molecule has 0 unspecified atom stereocenters. The third-order valence-corrected chi connectivity index (χ3v) is 4.56. The van der Waals surface area contributed by atoms with Crippen molar-refractivity contribution in [2.75, 3.05) is 0 Å². The van der Waals surface area contributed by atoms with E-state index in [9.17, 15) is 0 Å². The summed E-state index contributed by atoms with van der Waals surface area (Å²) in [5.41, 5.74) is 6.89. The van der Waals surface area contributed by atoms with E-state index in [1.54, 1.807) is 11.8 Å². The van der Waals surface area contributed by atoms with Crippen LogP contribution < -0.4 is 5.73 Å². The number of halogens is 2. The van der Waals surface area contributed by atoms with Gasteiger partial charge in [0.05, 0.1) is 5.02 Å². The van der Waals surface area contributed by atoms with Gasteiger partial charge in [-0.1, -0.05) is 45.4 Å². The average Bonchev–Trinajstić information content (AvgIpc) is 2.34. The van der Waals surface area contributed by atoms with Crippen molar-refractivity contribution in [1.82, 2.24) is 0 Å². The third-order valence-electron chi connectivity index (χ3n) is 2.52. The van der Waals surface area contributed by atoms with E-state index in [1.165, 1.54) is 0 Å². The van der Waals surface area contributed by atoms with Crippen molar-refractivity contribution < 1.29 is 0 Å². The van der Waals surface area contributed by atoms with Crippen LogP contribution in [0.5, 0.6) is 0 Å². The first-order valence-electron chi connectivity index (χ1n) is 5.54. The predicted octanol–water partition coefficient (Wildman–Crippen LogP) is 5.27. The van der Waals surface area contributed by atoms with Crippen molar-refractivity contribution in [3.63, 3.8) is 0 Å². The Morgan fingerprint density at radius 1 is 1.17 bits per heavy atom. The first kappa shape index (κ1) is 13.9. The maximum atomic E-state index is 6.27.